The summed E-state index contributed by atoms with van der Waals surface area (Å²) in [5, 5.41) is 27.6. The van der Waals surface area contributed by atoms with Crippen LogP contribution >= 0.6 is 0 Å². The van der Waals surface area contributed by atoms with Gasteiger partial charge in [0.25, 0.3) is 0 Å². The molecule has 0 bridgehead atoms. The Labute approximate surface area is 554 Å². The fourth-order valence-electron chi connectivity index (χ4n) is 12.3. The van der Waals surface area contributed by atoms with Gasteiger partial charge in [-0.15, -0.1) is 0 Å². The number of ketones is 2. The number of likely N-dealkylation sites (tertiary alicyclic amines) is 1. The number of aliphatic hydroxyl groups excluding tert-OH is 1. The van der Waals surface area contributed by atoms with Gasteiger partial charge in [0.1, 0.15) is 30.8 Å². The Morgan fingerprint density at radius 2 is 1.35 bits per heavy atom. The Bertz CT molecular complexity index is 2870. The van der Waals surface area contributed by atoms with Gasteiger partial charge >= 0.3 is 12.1 Å². The molecule has 25 heteroatoms. The molecule has 1 aliphatic carbocycles. The van der Waals surface area contributed by atoms with E-state index in [1.165, 1.54) is 38.3 Å². The molecule has 4 rings (SSSR count). The highest BCUT2D eigenvalue weighted by Gasteiger charge is 2.44. The maximum Gasteiger partial charge on any atom is 0.410 e. The van der Waals surface area contributed by atoms with Crippen LogP contribution in [0.25, 0.3) is 0 Å². The molecule has 94 heavy (non-hydrogen) atoms. The SMILES string of the molecule is CC[C@H](C)[C@@H]([C@@H](CC(=O)N1CCC[C@H]1[C@H](OC)[C@@H](C)C(=O)N[C@H](C)[C@@H](O)c1ccccc1)OC)N(C)C(=O)[C@@H](NC(=O)[C@H](C(C)C)N(C)C(=O)OCc1ccc(NC(=O)[C@H](CCCNC(N)=O)NC(=O)C(NC(=O)CCCCCC2C(=O)C=CC2=O)C(C)C)cc1)C(C)C. The first-order valence-electron chi connectivity index (χ1n) is 33.1. The molecule has 25 nitrogen and oxygen atoms in total. The number of ether oxygens (including phenoxy) is 3. The minimum atomic E-state index is -1.11. The summed E-state index contributed by atoms with van der Waals surface area (Å²) in [6.45, 7) is 18.4. The van der Waals surface area contributed by atoms with E-state index < -0.39 is 120 Å². The van der Waals surface area contributed by atoms with Crippen LogP contribution in [0.2, 0.25) is 0 Å². The Kier molecular flexibility index (Phi) is 32.3. The third-order valence-corrected chi connectivity index (χ3v) is 18.0. The summed E-state index contributed by atoms with van der Waals surface area (Å²) in [5.74, 6) is -6.31. The van der Waals surface area contributed by atoms with Crippen LogP contribution < -0.4 is 37.6 Å². The molecule has 1 aliphatic heterocycles. The predicted molar refractivity (Wildman–Crippen MR) is 355 cm³/mol. The predicted octanol–water partition coefficient (Wildman–Crippen LogP) is 5.87. The minimum Gasteiger partial charge on any atom is -0.445 e. The fraction of sp³-hybridized carbons (Fsp3) is 0.638. The van der Waals surface area contributed by atoms with Crippen LogP contribution in [0.1, 0.15) is 157 Å². The van der Waals surface area contributed by atoms with Gasteiger partial charge in [-0.1, -0.05) is 124 Å². The monoisotopic (exact) mass is 1310 g/mol. The summed E-state index contributed by atoms with van der Waals surface area (Å²) in [5.41, 5.74) is 6.78. The van der Waals surface area contributed by atoms with Gasteiger partial charge in [0.15, 0.2) is 11.6 Å². The number of allylic oxidation sites excluding steroid dienone is 2. The third-order valence-electron chi connectivity index (χ3n) is 18.0. The first-order valence-corrected chi connectivity index (χ1v) is 33.1. The number of urea groups is 1. The number of primary amides is 1. The van der Waals surface area contributed by atoms with Gasteiger partial charge < -0.3 is 66.8 Å². The number of nitrogens with two attached hydrogens (primary N) is 1. The molecule has 10 amide bonds. The Morgan fingerprint density at radius 3 is 1.93 bits per heavy atom. The second-order valence-electron chi connectivity index (χ2n) is 26.1. The molecule has 2 aromatic carbocycles. The van der Waals surface area contributed by atoms with Gasteiger partial charge in [0.2, 0.25) is 41.4 Å². The van der Waals surface area contributed by atoms with Gasteiger partial charge in [-0.2, -0.15) is 0 Å². The van der Waals surface area contributed by atoms with E-state index in [0.29, 0.717) is 68.3 Å². The molecule has 0 aromatic heterocycles. The van der Waals surface area contributed by atoms with Crippen LogP contribution in [0, 0.1) is 35.5 Å². The molecule has 1 saturated heterocycles. The number of methoxy groups -OCH3 is 2. The number of nitrogens with zero attached hydrogens (tertiary/aromatic N) is 3. The standard InChI is InChI=1S/C69H106N10O15/c1-15-43(8)60(54(92-13)38-56(83)79-37-23-28-51(79)62(93-14)44(9)63(85)72-45(10)61(84)47-24-18-16-19-25-47)77(11)67(89)58(41(4)5)76-66(88)59(42(6)7)78(12)69(91)94-39-46-30-32-48(33-31-46)73-64(86)50(27-22-36-71-68(70)90)74-65(87)57(40(2)3)75-55(82)29-21-17-20-26-49-52(80)34-35-53(49)81/h16,18-19,24-25,30-35,40-45,49-51,54,57-62,84H,15,17,20-23,26-29,36-39H2,1-14H3,(H,72,85)(H,73,86)(H,74,87)(H,75,82)(H,76,88)(H3,70,71,90)/t43-,44+,45+,50-,51-,54+,57?,58-,59-,60-,61+,62+/m0/s1. The normalized spacial score (nSPS) is 17.6. The molecule has 9 N–H and O–H groups in total. The number of likely N-dealkylation sites (N-methyl/N-ethyl adjacent to an activating group) is 2. The fourth-order valence-corrected chi connectivity index (χ4v) is 12.3. The van der Waals surface area contributed by atoms with Crippen LogP contribution in [-0.2, 0) is 64.0 Å². The van der Waals surface area contributed by atoms with Crippen molar-refractivity contribution in [2.75, 3.05) is 46.7 Å². The van der Waals surface area contributed by atoms with E-state index >= 15 is 0 Å². The third kappa shape index (κ3) is 23.0. The maximum absolute atomic E-state index is 14.8. The van der Waals surface area contributed by atoms with Crippen LogP contribution in [0.3, 0.4) is 0 Å². The van der Waals surface area contributed by atoms with Crippen LogP contribution in [0.5, 0.6) is 0 Å². The zero-order valence-corrected chi connectivity index (χ0v) is 57.6. The molecule has 522 valence electrons. The van der Waals surface area contributed by atoms with Crippen molar-refractivity contribution >= 4 is 70.7 Å². The van der Waals surface area contributed by atoms with E-state index in [2.05, 4.69) is 31.9 Å². The number of benzene rings is 2. The van der Waals surface area contributed by atoms with Gasteiger partial charge in [0, 0.05) is 53.5 Å². The first kappa shape index (κ1) is 78.7. The second kappa shape index (κ2) is 38.6. The highest BCUT2D eigenvalue weighted by Crippen LogP contribution is 2.31. The van der Waals surface area contributed by atoms with Crippen molar-refractivity contribution in [3.8, 4) is 0 Å². The van der Waals surface area contributed by atoms with E-state index in [-0.39, 0.29) is 80.0 Å². The van der Waals surface area contributed by atoms with Crippen LogP contribution in [-0.4, -0.2) is 181 Å². The summed E-state index contributed by atoms with van der Waals surface area (Å²) in [6.07, 6.45) is 3.66. The lowest BCUT2D eigenvalue weighted by Crippen LogP contribution is -2.60. The minimum absolute atomic E-state index is 0.0880. The zero-order valence-electron chi connectivity index (χ0n) is 57.6. The summed E-state index contributed by atoms with van der Waals surface area (Å²) in [7, 11) is 6.08. The number of unbranched alkanes of at least 4 members (excludes halogenated alkanes) is 2. The summed E-state index contributed by atoms with van der Waals surface area (Å²) in [4.78, 5) is 151. The van der Waals surface area contributed by atoms with Gasteiger partial charge in [-0.3, -0.25) is 48.1 Å². The van der Waals surface area contributed by atoms with E-state index in [1.807, 2.05) is 32.0 Å². The summed E-state index contributed by atoms with van der Waals surface area (Å²) < 4.78 is 17.8. The lowest BCUT2D eigenvalue weighted by atomic mass is 9.89. The van der Waals surface area contributed by atoms with Crippen molar-refractivity contribution in [2.45, 2.75) is 207 Å². The number of aliphatic hydroxyl groups is 1. The number of nitrogens with one attached hydrogen (secondary N) is 6. The zero-order chi connectivity index (χ0) is 70.1. The van der Waals surface area contributed by atoms with Crippen LogP contribution in [0.15, 0.2) is 66.7 Å². The highest BCUT2D eigenvalue weighted by atomic mass is 16.6. The number of carbonyl (C=O) groups is 11. The smallest absolute Gasteiger partial charge is 0.410 e. The Hall–Kier alpha value is -7.77. The lowest BCUT2D eigenvalue weighted by Gasteiger charge is -2.41. The van der Waals surface area contributed by atoms with E-state index in [1.54, 1.807) is 109 Å². The Morgan fingerprint density at radius 1 is 0.713 bits per heavy atom. The second-order valence-corrected chi connectivity index (χ2v) is 26.1. The van der Waals surface area contributed by atoms with Crippen molar-refractivity contribution in [1.82, 2.24) is 41.3 Å². The van der Waals surface area contributed by atoms with Gasteiger partial charge in [0.05, 0.1) is 54.7 Å². The Balaban J connectivity index is 1.37. The van der Waals surface area contributed by atoms with Crippen LogP contribution in [0.4, 0.5) is 15.3 Å². The molecule has 0 radical (unpaired) electrons. The van der Waals surface area contributed by atoms with Crippen molar-refractivity contribution < 1.29 is 72.1 Å². The van der Waals surface area contributed by atoms with Gasteiger partial charge in [-0.05, 0) is 105 Å². The maximum atomic E-state index is 14.8. The topological polar surface area (TPSA) is 344 Å². The van der Waals surface area contributed by atoms with Crippen molar-refractivity contribution in [1.29, 1.82) is 0 Å². The van der Waals surface area contributed by atoms with Crippen molar-refractivity contribution in [2.24, 2.45) is 41.2 Å². The van der Waals surface area contributed by atoms with Crippen molar-refractivity contribution in [3.63, 3.8) is 0 Å². The number of rotatable bonds is 38. The van der Waals surface area contributed by atoms with Crippen molar-refractivity contribution in [3.05, 3.63) is 77.9 Å². The molecular weight excluding hydrogens is 1210 g/mol. The highest BCUT2D eigenvalue weighted by molar-refractivity contribution is 6.18. The average molecular weight is 1320 g/mol. The summed E-state index contributed by atoms with van der Waals surface area (Å²) in [6, 6.07) is 8.77. The lowest BCUT2D eigenvalue weighted by molar-refractivity contribution is -0.148. The molecule has 0 saturated carbocycles. The molecular formula is C69H106N10O15. The quantitative estimate of drug-likeness (QED) is 0.0288. The van der Waals surface area contributed by atoms with E-state index in [0.717, 1.165) is 0 Å². The molecule has 1 fully saturated rings. The number of hydrogen-bond acceptors (Lipinski definition) is 15. The number of anilines is 1. The molecule has 2 aromatic rings. The average Bonchev–Trinajstić information content (AvgIpc) is 1.33. The van der Waals surface area contributed by atoms with Gasteiger partial charge in [-0.25, -0.2) is 9.59 Å². The molecule has 2 aliphatic rings. The molecule has 1 heterocycles. The number of amides is 10. The molecule has 0 spiro atoms. The van der Waals surface area contributed by atoms with E-state index in [9.17, 15) is 57.8 Å². The number of carbonyl (C=O) groups excluding carboxylic acids is 11. The largest absolute Gasteiger partial charge is 0.445 e. The molecule has 1 unspecified atom stereocenters. The first-order chi connectivity index (χ1) is 44.5. The summed E-state index contributed by atoms with van der Waals surface area (Å²) >= 11 is 0. The number of hydrogen-bond donors (Lipinski definition) is 8. The van der Waals surface area contributed by atoms with E-state index in [4.69, 9.17) is 19.9 Å². The molecule has 12 atom stereocenters.